The van der Waals surface area contributed by atoms with Gasteiger partial charge in [0.15, 0.2) is 0 Å². The molecule has 1 amide bonds. The van der Waals surface area contributed by atoms with Crippen LogP contribution in [0.5, 0.6) is 0 Å². The molecule has 0 saturated heterocycles. The zero-order valence-corrected chi connectivity index (χ0v) is 19.9. The van der Waals surface area contributed by atoms with E-state index in [2.05, 4.69) is 71.0 Å². The zero-order valence-electron chi connectivity index (χ0n) is 18.9. The van der Waals surface area contributed by atoms with Gasteiger partial charge in [-0.25, -0.2) is 4.98 Å². The Bertz CT molecular complexity index is 1280. The number of amides is 1. The third-order valence-electron chi connectivity index (χ3n) is 6.01. The van der Waals surface area contributed by atoms with Crippen LogP contribution < -0.4 is 5.32 Å². The van der Waals surface area contributed by atoms with E-state index in [-0.39, 0.29) is 11.8 Å². The fraction of sp³-hybridized carbons (Fsp3) is 0.360. The first-order chi connectivity index (χ1) is 15.4. The Morgan fingerprint density at radius 1 is 1.22 bits per heavy atom. The van der Waals surface area contributed by atoms with E-state index in [1.54, 1.807) is 0 Å². The van der Waals surface area contributed by atoms with E-state index < -0.39 is 8.07 Å². The maximum absolute atomic E-state index is 12.2. The molecule has 0 radical (unpaired) electrons. The molecule has 6 nitrogen and oxygen atoms in total. The molecule has 0 atom stereocenters. The van der Waals surface area contributed by atoms with Gasteiger partial charge in [0.2, 0.25) is 5.91 Å². The highest BCUT2D eigenvalue weighted by molar-refractivity contribution is 6.76. The van der Waals surface area contributed by atoms with E-state index in [9.17, 15) is 4.79 Å². The van der Waals surface area contributed by atoms with Gasteiger partial charge in [-0.1, -0.05) is 31.8 Å². The number of hydrogen-bond acceptors (Lipinski definition) is 3. The molecule has 1 aliphatic carbocycles. The number of anilines is 1. The summed E-state index contributed by atoms with van der Waals surface area (Å²) in [4.78, 5) is 20.3. The van der Waals surface area contributed by atoms with Gasteiger partial charge in [0.25, 0.3) is 0 Å². The maximum atomic E-state index is 12.2. The van der Waals surface area contributed by atoms with Gasteiger partial charge in [-0.2, -0.15) is 0 Å². The van der Waals surface area contributed by atoms with Crippen LogP contribution in [0.25, 0.3) is 33.1 Å². The van der Waals surface area contributed by atoms with Crippen molar-refractivity contribution in [2.45, 2.75) is 45.3 Å². The minimum absolute atomic E-state index is 0.0683. The second-order valence-electron chi connectivity index (χ2n) is 9.97. The molecule has 3 aromatic heterocycles. The van der Waals surface area contributed by atoms with E-state index in [1.807, 2.05) is 12.3 Å². The van der Waals surface area contributed by atoms with E-state index in [4.69, 9.17) is 9.72 Å². The Morgan fingerprint density at radius 2 is 2.06 bits per heavy atom. The van der Waals surface area contributed by atoms with Gasteiger partial charge in [0.1, 0.15) is 18.2 Å². The van der Waals surface area contributed by atoms with Crippen LogP contribution in [-0.2, 0) is 16.3 Å². The number of ether oxygens (including phenoxy) is 1. The number of nitrogens with one attached hydrogen (secondary N) is 2. The molecule has 0 unspecified atom stereocenters. The average Bonchev–Trinajstić information content (AvgIpc) is 3.40. The van der Waals surface area contributed by atoms with Gasteiger partial charge in [0.05, 0.1) is 0 Å². The standard InChI is InChI=1S/C25H30N4O2Si/c1-32(2,3)13-12-31-16-29-15-21(19-7-4-17-10-11-26-22(17)14-19)20-8-9-23(27-24(20)29)28-25(30)18-5-6-18/h4,7-11,14-15,18,26H,5-6,12-13,16H2,1-3H3,(H,27,28,30). The van der Waals surface area contributed by atoms with Crippen LogP contribution in [0, 0.1) is 5.92 Å². The van der Waals surface area contributed by atoms with Crippen molar-refractivity contribution in [2.24, 2.45) is 5.92 Å². The van der Waals surface area contributed by atoms with Crippen molar-refractivity contribution >= 4 is 41.7 Å². The molecular formula is C25H30N4O2Si. The summed E-state index contributed by atoms with van der Waals surface area (Å²) in [6.07, 6.45) is 6.02. The third-order valence-corrected chi connectivity index (χ3v) is 7.72. The Balaban J connectivity index is 1.48. The molecular weight excluding hydrogens is 416 g/mol. The van der Waals surface area contributed by atoms with Crippen molar-refractivity contribution in [3.63, 3.8) is 0 Å². The van der Waals surface area contributed by atoms with Crippen LogP contribution in [0.15, 0.2) is 48.8 Å². The number of aromatic amines is 1. The summed E-state index contributed by atoms with van der Waals surface area (Å²) in [5.74, 6) is 0.813. The Hall–Kier alpha value is -2.90. The van der Waals surface area contributed by atoms with Crippen molar-refractivity contribution in [2.75, 3.05) is 11.9 Å². The van der Waals surface area contributed by atoms with Gasteiger partial charge < -0.3 is 19.6 Å². The lowest BCUT2D eigenvalue weighted by atomic mass is 10.0. The van der Waals surface area contributed by atoms with Gasteiger partial charge in [0, 0.05) is 49.5 Å². The molecule has 4 aromatic rings. The summed E-state index contributed by atoms with van der Waals surface area (Å²) in [6, 6.07) is 13.6. The second kappa shape index (κ2) is 8.22. The SMILES string of the molecule is C[Si](C)(C)CCOCn1cc(-c2ccc3cc[nH]c3c2)c2ccc(NC(=O)C3CC3)nc21. The molecule has 5 rings (SSSR count). The smallest absolute Gasteiger partial charge is 0.228 e. The van der Waals surface area contributed by atoms with Crippen molar-refractivity contribution in [1.82, 2.24) is 14.5 Å². The number of H-pyrrole nitrogens is 1. The second-order valence-corrected chi connectivity index (χ2v) is 15.6. The summed E-state index contributed by atoms with van der Waals surface area (Å²) in [5.41, 5.74) is 4.17. The fourth-order valence-corrected chi connectivity index (χ4v) is 4.65. The number of aromatic nitrogens is 3. The lowest BCUT2D eigenvalue weighted by molar-refractivity contribution is -0.117. The first-order valence-corrected chi connectivity index (χ1v) is 15.0. The van der Waals surface area contributed by atoms with E-state index in [0.717, 1.165) is 53.2 Å². The molecule has 166 valence electrons. The number of nitrogens with zero attached hydrogens (tertiary/aromatic N) is 2. The van der Waals surface area contributed by atoms with E-state index in [1.165, 1.54) is 5.39 Å². The monoisotopic (exact) mass is 446 g/mol. The number of pyridine rings is 1. The number of hydrogen-bond donors (Lipinski definition) is 2. The van der Waals surface area contributed by atoms with E-state index in [0.29, 0.717) is 12.5 Å². The van der Waals surface area contributed by atoms with Gasteiger partial charge in [-0.15, -0.1) is 0 Å². The van der Waals surface area contributed by atoms with Gasteiger partial charge in [-0.3, -0.25) is 4.79 Å². The van der Waals surface area contributed by atoms with Crippen LogP contribution in [0.2, 0.25) is 25.7 Å². The summed E-state index contributed by atoms with van der Waals surface area (Å²) in [5, 5.41) is 5.22. The van der Waals surface area contributed by atoms with Crippen LogP contribution in [-0.4, -0.2) is 35.1 Å². The Kier molecular flexibility index (Phi) is 5.39. The van der Waals surface area contributed by atoms with E-state index >= 15 is 0 Å². The van der Waals surface area contributed by atoms with Crippen LogP contribution in [0.1, 0.15) is 12.8 Å². The normalized spacial score (nSPS) is 14.3. The first kappa shape index (κ1) is 21.0. The predicted molar refractivity (Wildman–Crippen MR) is 132 cm³/mol. The molecule has 1 saturated carbocycles. The number of fused-ring (bicyclic) bond motifs is 2. The highest BCUT2D eigenvalue weighted by Crippen LogP contribution is 2.33. The van der Waals surface area contributed by atoms with Crippen molar-refractivity contribution in [1.29, 1.82) is 0 Å². The highest BCUT2D eigenvalue weighted by Gasteiger charge is 2.30. The van der Waals surface area contributed by atoms with Gasteiger partial charge in [-0.05, 0) is 54.1 Å². The summed E-state index contributed by atoms with van der Waals surface area (Å²) < 4.78 is 8.10. The first-order valence-electron chi connectivity index (χ1n) is 11.3. The summed E-state index contributed by atoms with van der Waals surface area (Å²) in [6.45, 7) is 8.25. The lowest BCUT2D eigenvalue weighted by Gasteiger charge is -2.15. The molecule has 1 aliphatic rings. The third kappa shape index (κ3) is 4.49. The summed E-state index contributed by atoms with van der Waals surface area (Å²) in [7, 11) is -1.15. The van der Waals surface area contributed by atoms with Crippen LogP contribution >= 0.6 is 0 Å². The molecule has 2 N–H and O–H groups in total. The molecule has 0 aliphatic heterocycles. The number of carbonyl (C=O) groups is 1. The Morgan fingerprint density at radius 3 is 2.84 bits per heavy atom. The largest absolute Gasteiger partial charge is 0.361 e. The minimum Gasteiger partial charge on any atom is -0.361 e. The quantitative estimate of drug-likeness (QED) is 0.264. The zero-order chi connectivity index (χ0) is 22.3. The molecule has 7 heteroatoms. The number of carbonyl (C=O) groups excluding carboxylic acids is 1. The maximum Gasteiger partial charge on any atom is 0.228 e. The topological polar surface area (TPSA) is 71.9 Å². The molecule has 32 heavy (non-hydrogen) atoms. The molecule has 3 heterocycles. The minimum atomic E-state index is -1.15. The molecule has 1 aromatic carbocycles. The lowest BCUT2D eigenvalue weighted by Crippen LogP contribution is -2.22. The van der Waals surface area contributed by atoms with Crippen molar-refractivity contribution in [3.05, 3.63) is 48.8 Å². The fourth-order valence-electron chi connectivity index (χ4n) is 3.89. The molecule has 1 fully saturated rings. The molecule has 0 bridgehead atoms. The van der Waals surface area contributed by atoms with Crippen LogP contribution in [0.4, 0.5) is 5.82 Å². The average molecular weight is 447 g/mol. The number of rotatable bonds is 8. The highest BCUT2D eigenvalue weighted by atomic mass is 28.3. The van der Waals surface area contributed by atoms with Crippen LogP contribution in [0.3, 0.4) is 0 Å². The predicted octanol–water partition coefficient (Wildman–Crippen LogP) is 5.85. The number of benzene rings is 1. The summed E-state index contributed by atoms with van der Waals surface area (Å²) >= 11 is 0. The Labute approximate surface area is 189 Å². The van der Waals surface area contributed by atoms with Gasteiger partial charge >= 0.3 is 0 Å². The molecule has 0 spiro atoms. The van der Waals surface area contributed by atoms with Crippen molar-refractivity contribution in [3.8, 4) is 11.1 Å². The van der Waals surface area contributed by atoms with Crippen molar-refractivity contribution < 1.29 is 9.53 Å².